The maximum absolute atomic E-state index is 13.2. The molecule has 0 aliphatic heterocycles. The van der Waals surface area contributed by atoms with Crippen LogP contribution in [0.5, 0.6) is 11.5 Å². The molecule has 0 aliphatic carbocycles. The van der Waals surface area contributed by atoms with Crippen LogP contribution in [0.2, 0.25) is 0 Å². The predicted octanol–water partition coefficient (Wildman–Crippen LogP) is 5.36. The molecule has 0 unspecified atom stereocenters. The minimum Gasteiger partial charge on any atom is -0.507 e. The van der Waals surface area contributed by atoms with Crippen molar-refractivity contribution in [2.24, 2.45) is 0 Å². The van der Waals surface area contributed by atoms with E-state index in [1.54, 1.807) is 36.4 Å². The van der Waals surface area contributed by atoms with Crippen LogP contribution < -0.4 is 0 Å². The van der Waals surface area contributed by atoms with Gasteiger partial charge in [0.25, 0.3) is 9.84 Å². The van der Waals surface area contributed by atoms with Gasteiger partial charge in [-0.1, -0.05) is 54.6 Å². The number of aromatic hydroxyl groups is 2. The second-order valence-electron chi connectivity index (χ2n) is 6.45. The molecule has 0 spiro atoms. The molecule has 0 fully saturated rings. The Labute approximate surface area is 163 Å². The summed E-state index contributed by atoms with van der Waals surface area (Å²) in [5.74, 6) is -1.36. The molecule has 0 aliphatic rings. The zero-order chi connectivity index (χ0) is 21.0. The van der Waals surface area contributed by atoms with Gasteiger partial charge in [-0.25, -0.2) is 8.42 Å². The molecule has 4 aromatic rings. The minimum absolute atomic E-state index is 0.0519. The first kappa shape index (κ1) is 19.1. The average Bonchev–Trinajstić information content (AvgIpc) is 2.67. The molecule has 0 aromatic heterocycles. The second-order valence-corrected chi connectivity index (χ2v) is 8.36. The largest absolute Gasteiger partial charge is 0.507 e. The van der Waals surface area contributed by atoms with Gasteiger partial charge in [0.15, 0.2) is 0 Å². The van der Waals surface area contributed by atoms with Gasteiger partial charge >= 0.3 is 5.51 Å². The van der Waals surface area contributed by atoms with E-state index in [1.807, 2.05) is 0 Å². The van der Waals surface area contributed by atoms with E-state index < -0.39 is 26.0 Å². The highest BCUT2D eigenvalue weighted by molar-refractivity contribution is 7.92. The molecule has 0 saturated carbocycles. The van der Waals surface area contributed by atoms with Crippen LogP contribution in [-0.4, -0.2) is 24.1 Å². The zero-order valence-corrected chi connectivity index (χ0v) is 15.4. The van der Waals surface area contributed by atoms with E-state index in [0.717, 1.165) is 6.07 Å². The Morgan fingerprint density at radius 1 is 0.724 bits per heavy atom. The first-order valence-electron chi connectivity index (χ1n) is 8.40. The SMILES string of the molecule is O=S(=O)(c1cc2ccccc2c(-c2c(O)ccc3ccccc23)c1O)C(F)(F)F. The third-order valence-corrected chi connectivity index (χ3v) is 6.24. The Morgan fingerprint density at radius 2 is 1.28 bits per heavy atom. The first-order valence-corrected chi connectivity index (χ1v) is 9.88. The van der Waals surface area contributed by atoms with E-state index in [1.165, 1.54) is 24.3 Å². The maximum atomic E-state index is 13.2. The lowest BCUT2D eigenvalue weighted by Gasteiger charge is -2.17. The lowest BCUT2D eigenvalue weighted by Crippen LogP contribution is -2.23. The van der Waals surface area contributed by atoms with Crippen molar-refractivity contribution in [3.63, 3.8) is 0 Å². The van der Waals surface area contributed by atoms with Crippen LogP contribution in [0.3, 0.4) is 0 Å². The molecule has 29 heavy (non-hydrogen) atoms. The van der Waals surface area contributed by atoms with Crippen molar-refractivity contribution in [2.45, 2.75) is 10.4 Å². The molecule has 8 heteroatoms. The minimum atomic E-state index is -5.83. The van der Waals surface area contributed by atoms with Crippen LogP contribution in [0.15, 0.2) is 71.6 Å². The highest BCUT2D eigenvalue weighted by atomic mass is 32.2. The standard InChI is InChI=1S/C21H13F3O4S/c22-21(23,24)29(27,28)17-11-13-6-2-4-8-15(13)19(20(17)26)18-14-7-3-1-5-12(14)9-10-16(18)25/h1-11,25-26H. The Bertz CT molecular complexity index is 1380. The van der Waals surface area contributed by atoms with Gasteiger partial charge in [0.05, 0.1) is 0 Å². The Morgan fingerprint density at radius 3 is 1.90 bits per heavy atom. The molecule has 4 rings (SSSR count). The fourth-order valence-corrected chi connectivity index (χ4v) is 4.30. The third kappa shape index (κ3) is 2.87. The van der Waals surface area contributed by atoms with E-state index in [2.05, 4.69) is 0 Å². The van der Waals surface area contributed by atoms with Crippen molar-refractivity contribution in [2.75, 3.05) is 0 Å². The highest BCUT2D eigenvalue weighted by Gasteiger charge is 2.48. The van der Waals surface area contributed by atoms with E-state index in [0.29, 0.717) is 16.2 Å². The van der Waals surface area contributed by atoms with Crippen LogP contribution in [0.25, 0.3) is 32.7 Å². The molecule has 0 heterocycles. The van der Waals surface area contributed by atoms with Crippen molar-refractivity contribution in [1.29, 1.82) is 0 Å². The molecule has 4 nitrogen and oxygen atoms in total. The van der Waals surface area contributed by atoms with E-state index >= 15 is 0 Å². The number of hydrogen-bond donors (Lipinski definition) is 2. The van der Waals surface area contributed by atoms with Crippen molar-refractivity contribution >= 4 is 31.4 Å². The molecule has 4 aromatic carbocycles. The van der Waals surface area contributed by atoms with Crippen molar-refractivity contribution < 1.29 is 31.8 Å². The summed E-state index contributed by atoms with van der Waals surface area (Å²) in [4.78, 5) is -1.26. The molecule has 0 amide bonds. The quantitative estimate of drug-likeness (QED) is 0.459. The Balaban J connectivity index is 2.23. The lowest BCUT2D eigenvalue weighted by atomic mass is 9.92. The summed E-state index contributed by atoms with van der Waals surface area (Å²) in [6.45, 7) is 0. The molecule has 2 N–H and O–H groups in total. The molecule has 0 atom stereocenters. The smallest absolute Gasteiger partial charge is 0.502 e. The van der Waals surface area contributed by atoms with Gasteiger partial charge in [-0.3, -0.25) is 0 Å². The van der Waals surface area contributed by atoms with Gasteiger partial charge in [-0.2, -0.15) is 13.2 Å². The number of halogens is 3. The van der Waals surface area contributed by atoms with Crippen LogP contribution in [0.4, 0.5) is 13.2 Å². The van der Waals surface area contributed by atoms with Crippen LogP contribution >= 0.6 is 0 Å². The second kappa shape index (κ2) is 6.38. The average molecular weight is 418 g/mol. The van der Waals surface area contributed by atoms with Crippen LogP contribution in [0.1, 0.15) is 0 Å². The van der Waals surface area contributed by atoms with Crippen molar-refractivity contribution in [3.8, 4) is 22.6 Å². The molecule has 0 radical (unpaired) electrons. The summed E-state index contributed by atoms with van der Waals surface area (Å²) < 4.78 is 63.9. The van der Waals surface area contributed by atoms with Gasteiger partial charge in [-0.05, 0) is 33.7 Å². The number of hydrogen-bond acceptors (Lipinski definition) is 4. The molecule has 148 valence electrons. The van der Waals surface area contributed by atoms with Gasteiger partial charge in [0.2, 0.25) is 0 Å². The summed E-state index contributed by atoms with van der Waals surface area (Å²) >= 11 is 0. The number of benzene rings is 4. The van der Waals surface area contributed by atoms with E-state index in [-0.39, 0.29) is 22.3 Å². The number of rotatable bonds is 2. The van der Waals surface area contributed by atoms with Crippen LogP contribution in [-0.2, 0) is 9.84 Å². The Kier molecular flexibility index (Phi) is 4.20. The summed E-state index contributed by atoms with van der Waals surface area (Å²) in [5, 5.41) is 22.8. The summed E-state index contributed by atoms with van der Waals surface area (Å²) in [6, 6.07) is 16.6. The molecular formula is C21H13F3O4S. The fraction of sp³-hybridized carbons (Fsp3) is 0.0476. The fourth-order valence-electron chi connectivity index (χ4n) is 3.42. The van der Waals surface area contributed by atoms with Gasteiger partial charge in [0.1, 0.15) is 16.4 Å². The van der Waals surface area contributed by atoms with E-state index in [9.17, 15) is 31.8 Å². The monoisotopic (exact) mass is 418 g/mol. The van der Waals surface area contributed by atoms with Crippen molar-refractivity contribution in [3.05, 3.63) is 66.7 Å². The van der Waals surface area contributed by atoms with Gasteiger partial charge in [0, 0.05) is 11.1 Å². The third-order valence-electron chi connectivity index (χ3n) is 4.74. The van der Waals surface area contributed by atoms with Gasteiger partial charge in [-0.15, -0.1) is 0 Å². The summed E-state index contributed by atoms with van der Waals surface area (Å²) in [7, 11) is -5.83. The van der Waals surface area contributed by atoms with E-state index in [4.69, 9.17) is 0 Å². The normalized spacial score (nSPS) is 12.5. The number of alkyl halides is 3. The summed E-state index contributed by atoms with van der Waals surface area (Å²) in [6.07, 6.45) is 0. The van der Waals surface area contributed by atoms with Gasteiger partial charge < -0.3 is 10.2 Å². The zero-order valence-electron chi connectivity index (χ0n) is 14.6. The summed E-state index contributed by atoms with van der Waals surface area (Å²) in [5.41, 5.74) is -5.72. The molecular weight excluding hydrogens is 405 g/mol. The topological polar surface area (TPSA) is 74.6 Å². The molecule has 0 bridgehead atoms. The number of phenolic OH excluding ortho intramolecular Hbond substituents is 2. The predicted molar refractivity (Wildman–Crippen MR) is 103 cm³/mol. The maximum Gasteiger partial charge on any atom is 0.502 e. The number of fused-ring (bicyclic) bond motifs is 2. The van der Waals surface area contributed by atoms with Crippen molar-refractivity contribution in [1.82, 2.24) is 0 Å². The number of phenols is 2. The highest BCUT2D eigenvalue weighted by Crippen LogP contribution is 2.48. The first-order chi connectivity index (χ1) is 13.6. The Hall–Kier alpha value is -3.26. The lowest BCUT2D eigenvalue weighted by molar-refractivity contribution is -0.0437. The van der Waals surface area contributed by atoms with Crippen LogP contribution in [0, 0.1) is 0 Å². The molecule has 0 saturated heterocycles. The number of sulfone groups is 1.